The second-order valence-electron chi connectivity index (χ2n) is 4.47. The predicted octanol–water partition coefficient (Wildman–Crippen LogP) is 4.78. The average molecular weight is 303 g/mol. The summed E-state index contributed by atoms with van der Waals surface area (Å²) in [6.45, 7) is 0. The summed E-state index contributed by atoms with van der Waals surface area (Å²) in [7, 11) is 1.63. The SMILES string of the molecule is COc1cccc2c(Nc3ccc(F)c(Cl)c3)nccc12. The normalized spacial score (nSPS) is 10.6. The monoisotopic (exact) mass is 302 g/mol. The van der Waals surface area contributed by atoms with Crippen LogP contribution in [0.15, 0.2) is 48.7 Å². The summed E-state index contributed by atoms with van der Waals surface area (Å²) in [6, 6.07) is 12.1. The second kappa shape index (κ2) is 5.58. The Hall–Kier alpha value is -2.33. The molecule has 3 rings (SSSR count). The molecule has 0 aliphatic carbocycles. The smallest absolute Gasteiger partial charge is 0.141 e. The molecule has 0 unspecified atom stereocenters. The minimum Gasteiger partial charge on any atom is -0.496 e. The van der Waals surface area contributed by atoms with E-state index in [0.717, 1.165) is 16.5 Å². The minimum atomic E-state index is -0.449. The highest BCUT2D eigenvalue weighted by Crippen LogP contribution is 2.31. The van der Waals surface area contributed by atoms with Crippen molar-refractivity contribution in [3.05, 3.63) is 59.5 Å². The maximum absolute atomic E-state index is 13.2. The highest BCUT2D eigenvalue weighted by atomic mass is 35.5. The number of benzene rings is 2. The first-order valence-electron chi connectivity index (χ1n) is 6.33. The minimum absolute atomic E-state index is 0.0674. The molecule has 0 bridgehead atoms. The third kappa shape index (κ3) is 2.62. The Balaban J connectivity index is 2.06. The Bertz CT molecular complexity index is 807. The molecular weight excluding hydrogens is 291 g/mol. The first-order chi connectivity index (χ1) is 10.2. The van der Waals surface area contributed by atoms with Crippen LogP contribution in [0.1, 0.15) is 0 Å². The lowest BCUT2D eigenvalue weighted by Gasteiger charge is -2.11. The van der Waals surface area contributed by atoms with Crippen LogP contribution in [0.2, 0.25) is 5.02 Å². The van der Waals surface area contributed by atoms with Gasteiger partial charge < -0.3 is 10.1 Å². The van der Waals surface area contributed by atoms with Crippen molar-refractivity contribution in [1.82, 2.24) is 4.98 Å². The Morgan fingerprint density at radius 1 is 1.14 bits per heavy atom. The quantitative estimate of drug-likeness (QED) is 0.756. The van der Waals surface area contributed by atoms with Gasteiger partial charge in [-0.1, -0.05) is 23.7 Å². The number of methoxy groups -OCH3 is 1. The first-order valence-corrected chi connectivity index (χ1v) is 6.70. The summed E-state index contributed by atoms with van der Waals surface area (Å²) in [5, 5.41) is 5.08. The largest absolute Gasteiger partial charge is 0.496 e. The van der Waals surface area contributed by atoms with Crippen molar-refractivity contribution in [1.29, 1.82) is 0 Å². The molecule has 0 amide bonds. The Kier molecular flexibility index (Phi) is 3.62. The number of aromatic nitrogens is 1. The lowest BCUT2D eigenvalue weighted by atomic mass is 10.1. The van der Waals surface area contributed by atoms with E-state index >= 15 is 0 Å². The van der Waals surface area contributed by atoms with Crippen LogP contribution in [0.4, 0.5) is 15.9 Å². The molecule has 2 aromatic carbocycles. The summed E-state index contributed by atoms with van der Waals surface area (Å²) in [4.78, 5) is 4.33. The van der Waals surface area contributed by atoms with Crippen LogP contribution in [-0.2, 0) is 0 Å². The number of anilines is 2. The van der Waals surface area contributed by atoms with Crippen LogP contribution >= 0.6 is 11.6 Å². The van der Waals surface area contributed by atoms with Crippen molar-refractivity contribution in [2.75, 3.05) is 12.4 Å². The van der Waals surface area contributed by atoms with Gasteiger partial charge in [0.05, 0.1) is 12.1 Å². The maximum atomic E-state index is 13.2. The molecule has 1 N–H and O–H groups in total. The van der Waals surface area contributed by atoms with E-state index in [1.165, 1.54) is 12.1 Å². The molecule has 5 heteroatoms. The van der Waals surface area contributed by atoms with Crippen LogP contribution in [0.25, 0.3) is 10.8 Å². The zero-order valence-corrected chi connectivity index (χ0v) is 12.0. The highest BCUT2D eigenvalue weighted by molar-refractivity contribution is 6.31. The van der Waals surface area contributed by atoms with Gasteiger partial charge in [0.25, 0.3) is 0 Å². The van der Waals surface area contributed by atoms with E-state index in [-0.39, 0.29) is 5.02 Å². The predicted molar refractivity (Wildman–Crippen MR) is 83.0 cm³/mol. The number of hydrogen-bond donors (Lipinski definition) is 1. The fourth-order valence-corrected chi connectivity index (χ4v) is 2.35. The van der Waals surface area contributed by atoms with Gasteiger partial charge in [0.2, 0.25) is 0 Å². The van der Waals surface area contributed by atoms with Crippen molar-refractivity contribution in [3.63, 3.8) is 0 Å². The third-order valence-electron chi connectivity index (χ3n) is 3.17. The Labute approximate surface area is 126 Å². The van der Waals surface area contributed by atoms with E-state index in [0.29, 0.717) is 11.5 Å². The van der Waals surface area contributed by atoms with Crippen molar-refractivity contribution in [2.45, 2.75) is 0 Å². The molecule has 0 atom stereocenters. The summed E-state index contributed by atoms with van der Waals surface area (Å²) in [5.41, 5.74) is 0.671. The number of nitrogens with one attached hydrogen (secondary N) is 1. The van der Waals surface area contributed by atoms with Crippen LogP contribution in [0.3, 0.4) is 0 Å². The lowest BCUT2D eigenvalue weighted by molar-refractivity contribution is 0.420. The summed E-state index contributed by atoms with van der Waals surface area (Å²) in [5.74, 6) is 0.985. The molecule has 21 heavy (non-hydrogen) atoms. The highest BCUT2D eigenvalue weighted by Gasteiger charge is 2.07. The molecule has 0 saturated heterocycles. The second-order valence-corrected chi connectivity index (χ2v) is 4.88. The molecule has 0 saturated carbocycles. The summed E-state index contributed by atoms with van der Waals surface area (Å²) >= 11 is 5.79. The van der Waals surface area contributed by atoms with E-state index in [4.69, 9.17) is 16.3 Å². The molecule has 0 fully saturated rings. The van der Waals surface area contributed by atoms with Crippen molar-refractivity contribution in [3.8, 4) is 5.75 Å². The van der Waals surface area contributed by atoms with Gasteiger partial charge in [0.15, 0.2) is 0 Å². The molecule has 1 aromatic heterocycles. The van der Waals surface area contributed by atoms with E-state index in [2.05, 4.69) is 10.3 Å². The van der Waals surface area contributed by atoms with Gasteiger partial charge in [-0.3, -0.25) is 0 Å². The zero-order chi connectivity index (χ0) is 14.8. The number of rotatable bonds is 3. The third-order valence-corrected chi connectivity index (χ3v) is 3.46. The van der Waals surface area contributed by atoms with Gasteiger partial charge in [-0.15, -0.1) is 0 Å². The van der Waals surface area contributed by atoms with Gasteiger partial charge in [-0.25, -0.2) is 9.37 Å². The number of ether oxygens (including phenoxy) is 1. The van der Waals surface area contributed by atoms with E-state index in [1.807, 2.05) is 24.3 Å². The van der Waals surface area contributed by atoms with Crippen LogP contribution in [-0.4, -0.2) is 12.1 Å². The van der Waals surface area contributed by atoms with E-state index < -0.39 is 5.82 Å². The number of fused-ring (bicyclic) bond motifs is 1. The molecule has 0 aliphatic rings. The molecule has 1 heterocycles. The summed E-state index contributed by atoms with van der Waals surface area (Å²) < 4.78 is 18.5. The number of nitrogens with zero attached hydrogens (tertiary/aromatic N) is 1. The fourth-order valence-electron chi connectivity index (χ4n) is 2.17. The molecule has 0 radical (unpaired) electrons. The Morgan fingerprint density at radius 2 is 2.00 bits per heavy atom. The molecule has 3 aromatic rings. The standard InChI is InChI=1S/C16H12ClFN2O/c1-21-15-4-2-3-12-11(15)7-8-19-16(12)20-10-5-6-14(18)13(17)9-10/h2-9H,1H3,(H,19,20). The van der Waals surface area contributed by atoms with Crippen LogP contribution in [0.5, 0.6) is 5.75 Å². The number of halogens is 2. The molecule has 3 nitrogen and oxygen atoms in total. The maximum Gasteiger partial charge on any atom is 0.141 e. The van der Waals surface area contributed by atoms with Gasteiger partial charge in [-0.2, -0.15) is 0 Å². The van der Waals surface area contributed by atoms with Crippen LogP contribution in [0, 0.1) is 5.82 Å². The molecular formula is C16H12ClFN2O. The molecule has 0 spiro atoms. The molecule has 0 aliphatic heterocycles. The number of hydrogen-bond acceptors (Lipinski definition) is 3. The van der Waals surface area contributed by atoms with Gasteiger partial charge in [0, 0.05) is 22.7 Å². The Morgan fingerprint density at radius 3 is 2.76 bits per heavy atom. The first kappa shape index (κ1) is 13.6. The molecule has 106 valence electrons. The van der Waals surface area contributed by atoms with E-state index in [9.17, 15) is 4.39 Å². The van der Waals surface area contributed by atoms with Gasteiger partial charge in [-0.05, 0) is 30.3 Å². The average Bonchev–Trinajstić information content (AvgIpc) is 2.51. The van der Waals surface area contributed by atoms with E-state index in [1.54, 1.807) is 19.4 Å². The van der Waals surface area contributed by atoms with Crippen molar-refractivity contribution < 1.29 is 9.13 Å². The summed E-state index contributed by atoms with van der Waals surface area (Å²) in [6.07, 6.45) is 1.69. The lowest BCUT2D eigenvalue weighted by Crippen LogP contribution is -1.96. The van der Waals surface area contributed by atoms with Crippen molar-refractivity contribution >= 4 is 33.9 Å². The fraction of sp³-hybridized carbons (Fsp3) is 0.0625. The van der Waals surface area contributed by atoms with Crippen molar-refractivity contribution in [2.24, 2.45) is 0 Å². The topological polar surface area (TPSA) is 34.1 Å². The van der Waals surface area contributed by atoms with Gasteiger partial charge >= 0.3 is 0 Å². The number of pyridine rings is 1. The zero-order valence-electron chi connectivity index (χ0n) is 11.2. The van der Waals surface area contributed by atoms with Crippen LogP contribution < -0.4 is 10.1 Å². The van der Waals surface area contributed by atoms with Gasteiger partial charge in [0.1, 0.15) is 17.4 Å².